The molecule has 0 saturated heterocycles. The number of hydrogen-bond acceptors (Lipinski definition) is 4. The van der Waals surface area contributed by atoms with Crippen molar-refractivity contribution in [2.45, 2.75) is 6.36 Å². The maximum atomic E-state index is 11.7. The SMILES string of the molecule is O=C=NNc1ccc(OC(F)(F)F)cc1. The normalized spacial score (nSPS) is 10.3. The van der Waals surface area contributed by atoms with Gasteiger partial charge < -0.3 is 4.74 Å². The van der Waals surface area contributed by atoms with Gasteiger partial charge >= 0.3 is 6.36 Å². The molecule has 80 valence electrons. The first-order valence-electron chi connectivity index (χ1n) is 3.70. The van der Waals surface area contributed by atoms with Crippen LogP contribution in [0.3, 0.4) is 0 Å². The van der Waals surface area contributed by atoms with Crippen LogP contribution in [0.4, 0.5) is 18.9 Å². The fraction of sp³-hybridized carbons (Fsp3) is 0.125. The van der Waals surface area contributed by atoms with Crippen LogP contribution in [-0.4, -0.2) is 12.4 Å². The summed E-state index contributed by atoms with van der Waals surface area (Å²) in [6, 6.07) is 4.75. The summed E-state index contributed by atoms with van der Waals surface area (Å²) in [6.45, 7) is 0. The number of alkyl halides is 3. The number of ether oxygens (including phenoxy) is 1. The second-order valence-corrected chi connectivity index (χ2v) is 2.39. The standard InChI is InChI=1S/C8H5F3N2O2/c9-8(10,11)15-7-3-1-6(2-4-7)13-12-5-14/h1-4,13H. The Kier molecular flexibility index (Phi) is 3.30. The summed E-state index contributed by atoms with van der Waals surface area (Å²) in [6.07, 6.45) is -3.49. The summed E-state index contributed by atoms with van der Waals surface area (Å²) in [5, 5.41) is 3.03. The molecule has 1 aromatic carbocycles. The molecular formula is C8H5F3N2O2. The highest BCUT2D eigenvalue weighted by molar-refractivity contribution is 5.48. The van der Waals surface area contributed by atoms with Gasteiger partial charge in [0.25, 0.3) is 6.08 Å². The summed E-state index contributed by atoms with van der Waals surface area (Å²) in [5.41, 5.74) is 2.60. The third kappa shape index (κ3) is 4.15. The number of nitrogens with one attached hydrogen (secondary N) is 1. The zero-order valence-electron chi connectivity index (χ0n) is 7.21. The number of anilines is 1. The van der Waals surface area contributed by atoms with Gasteiger partial charge in [0, 0.05) is 0 Å². The first-order chi connectivity index (χ1) is 7.01. The Balaban J connectivity index is 2.68. The fourth-order valence-corrected chi connectivity index (χ4v) is 0.819. The highest BCUT2D eigenvalue weighted by Crippen LogP contribution is 2.23. The minimum Gasteiger partial charge on any atom is -0.406 e. The van der Waals surface area contributed by atoms with Crippen molar-refractivity contribution in [3.05, 3.63) is 24.3 Å². The number of hydrogen-bond donors (Lipinski definition) is 1. The molecule has 1 N–H and O–H groups in total. The van der Waals surface area contributed by atoms with Gasteiger partial charge in [0.2, 0.25) is 0 Å². The van der Waals surface area contributed by atoms with Crippen molar-refractivity contribution >= 4 is 11.8 Å². The van der Waals surface area contributed by atoms with E-state index in [0.717, 1.165) is 12.1 Å². The molecule has 0 aliphatic carbocycles. The predicted octanol–water partition coefficient (Wildman–Crippen LogP) is 2.25. The van der Waals surface area contributed by atoms with Gasteiger partial charge in [0.1, 0.15) is 5.75 Å². The van der Waals surface area contributed by atoms with Crippen molar-refractivity contribution in [3.8, 4) is 5.75 Å². The minimum absolute atomic E-state index is 0.344. The molecule has 4 nitrogen and oxygen atoms in total. The Bertz CT molecular complexity index is 368. The molecule has 0 amide bonds. The van der Waals surface area contributed by atoms with E-state index in [2.05, 4.69) is 15.3 Å². The molecule has 7 heteroatoms. The molecule has 0 aromatic heterocycles. The Morgan fingerprint density at radius 3 is 2.33 bits per heavy atom. The number of benzene rings is 1. The van der Waals surface area contributed by atoms with Gasteiger partial charge in [-0.05, 0) is 24.3 Å². The lowest BCUT2D eigenvalue weighted by Gasteiger charge is -2.08. The van der Waals surface area contributed by atoms with Crippen LogP contribution in [0.15, 0.2) is 29.4 Å². The van der Waals surface area contributed by atoms with Crippen LogP contribution >= 0.6 is 0 Å². The average Bonchev–Trinajstić information content (AvgIpc) is 2.14. The molecule has 0 unspecified atom stereocenters. The van der Waals surface area contributed by atoms with Gasteiger partial charge in [-0.3, -0.25) is 5.43 Å². The van der Waals surface area contributed by atoms with E-state index < -0.39 is 6.36 Å². The highest BCUT2D eigenvalue weighted by atomic mass is 19.4. The van der Waals surface area contributed by atoms with Crippen LogP contribution < -0.4 is 10.2 Å². The van der Waals surface area contributed by atoms with Gasteiger partial charge in [-0.15, -0.1) is 13.2 Å². The summed E-state index contributed by atoms with van der Waals surface area (Å²) in [5.74, 6) is -0.344. The maximum absolute atomic E-state index is 11.7. The molecule has 15 heavy (non-hydrogen) atoms. The molecular weight excluding hydrogens is 213 g/mol. The highest BCUT2D eigenvalue weighted by Gasteiger charge is 2.30. The lowest BCUT2D eigenvalue weighted by atomic mass is 10.3. The molecule has 0 saturated carbocycles. The van der Waals surface area contributed by atoms with Crippen molar-refractivity contribution in [1.82, 2.24) is 0 Å². The van der Waals surface area contributed by atoms with Crippen molar-refractivity contribution in [1.29, 1.82) is 0 Å². The first-order valence-corrected chi connectivity index (χ1v) is 3.70. The Labute approximate surface area is 82.3 Å². The van der Waals surface area contributed by atoms with E-state index in [-0.39, 0.29) is 5.75 Å². The molecule has 1 aromatic rings. The molecule has 0 aliphatic rings. The van der Waals surface area contributed by atoms with Crippen LogP contribution in [0.5, 0.6) is 5.75 Å². The third-order valence-electron chi connectivity index (χ3n) is 1.32. The van der Waals surface area contributed by atoms with Gasteiger partial charge in [0.05, 0.1) is 5.69 Å². The Morgan fingerprint density at radius 2 is 1.87 bits per heavy atom. The largest absolute Gasteiger partial charge is 0.573 e. The van der Waals surface area contributed by atoms with E-state index in [4.69, 9.17) is 0 Å². The van der Waals surface area contributed by atoms with Crippen LogP contribution in [-0.2, 0) is 4.79 Å². The lowest BCUT2D eigenvalue weighted by Crippen LogP contribution is -2.16. The monoisotopic (exact) mass is 218 g/mol. The van der Waals surface area contributed by atoms with E-state index in [0.29, 0.717) is 5.69 Å². The Morgan fingerprint density at radius 1 is 1.27 bits per heavy atom. The second kappa shape index (κ2) is 4.47. The topological polar surface area (TPSA) is 50.7 Å². The van der Waals surface area contributed by atoms with Gasteiger partial charge in [0.15, 0.2) is 0 Å². The van der Waals surface area contributed by atoms with E-state index in [1.165, 1.54) is 18.2 Å². The lowest BCUT2D eigenvalue weighted by molar-refractivity contribution is -0.274. The van der Waals surface area contributed by atoms with Crippen LogP contribution in [0.25, 0.3) is 0 Å². The van der Waals surface area contributed by atoms with Crippen molar-refractivity contribution in [2.75, 3.05) is 5.43 Å². The first kappa shape index (κ1) is 11.1. The van der Waals surface area contributed by atoms with Gasteiger partial charge in [-0.25, -0.2) is 4.79 Å². The molecule has 0 fully saturated rings. The third-order valence-corrected chi connectivity index (χ3v) is 1.32. The van der Waals surface area contributed by atoms with E-state index >= 15 is 0 Å². The quantitative estimate of drug-likeness (QED) is 0.481. The number of hydrazone groups is 1. The number of carbonyl (C=O) groups excluding carboxylic acids is 1. The van der Waals surface area contributed by atoms with Crippen molar-refractivity contribution < 1.29 is 22.7 Å². The van der Waals surface area contributed by atoms with E-state index in [1.54, 1.807) is 0 Å². The molecule has 0 bridgehead atoms. The maximum Gasteiger partial charge on any atom is 0.573 e. The van der Waals surface area contributed by atoms with Crippen molar-refractivity contribution in [2.24, 2.45) is 5.10 Å². The van der Waals surface area contributed by atoms with Crippen molar-refractivity contribution in [3.63, 3.8) is 0 Å². The molecule has 0 spiro atoms. The van der Waals surface area contributed by atoms with Gasteiger partial charge in [-0.2, -0.15) is 0 Å². The van der Waals surface area contributed by atoms with Crippen LogP contribution in [0.1, 0.15) is 0 Å². The zero-order valence-corrected chi connectivity index (χ0v) is 7.21. The average molecular weight is 218 g/mol. The fourth-order valence-electron chi connectivity index (χ4n) is 0.819. The van der Waals surface area contributed by atoms with E-state index in [9.17, 15) is 18.0 Å². The van der Waals surface area contributed by atoms with Gasteiger partial charge in [-0.1, -0.05) is 5.10 Å². The molecule has 0 atom stereocenters. The summed E-state index contributed by atoms with van der Waals surface area (Å²) in [4.78, 5) is 9.71. The molecule has 0 heterocycles. The second-order valence-electron chi connectivity index (χ2n) is 2.39. The summed E-state index contributed by atoms with van der Waals surface area (Å²) >= 11 is 0. The minimum atomic E-state index is -4.71. The number of nitrogens with zero attached hydrogens (tertiary/aromatic N) is 1. The number of rotatable bonds is 3. The molecule has 1 rings (SSSR count). The van der Waals surface area contributed by atoms with Crippen LogP contribution in [0.2, 0.25) is 0 Å². The smallest absolute Gasteiger partial charge is 0.406 e. The molecule has 0 radical (unpaired) electrons. The number of halogens is 3. The summed E-state index contributed by atoms with van der Waals surface area (Å²) < 4.78 is 38.8. The zero-order chi connectivity index (χ0) is 11.3. The van der Waals surface area contributed by atoms with Crippen LogP contribution in [0, 0.1) is 0 Å². The Hall–Kier alpha value is -2.01. The molecule has 0 aliphatic heterocycles. The number of isocyanates is 1. The van der Waals surface area contributed by atoms with E-state index in [1.807, 2.05) is 0 Å². The predicted molar refractivity (Wildman–Crippen MR) is 44.9 cm³/mol. The summed E-state index contributed by atoms with van der Waals surface area (Å²) in [7, 11) is 0.